The minimum atomic E-state index is -0.0687. The number of nitrogens with zero attached hydrogens (tertiary/aromatic N) is 1. The lowest BCUT2D eigenvalue weighted by Crippen LogP contribution is -2.06. The van der Waals surface area contributed by atoms with Gasteiger partial charge in [-0.3, -0.25) is 4.79 Å². The minimum absolute atomic E-state index is 0.0687. The van der Waals surface area contributed by atoms with Gasteiger partial charge in [-0.05, 0) is 35.4 Å². The maximum atomic E-state index is 12.1. The van der Waals surface area contributed by atoms with Crippen molar-refractivity contribution in [3.05, 3.63) is 60.7 Å². The van der Waals surface area contributed by atoms with Crippen molar-refractivity contribution in [2.24, 2.45) is 0 Å². The molecule has 0 spiro atoms. The van der Waals surface area contributed by atoms with Gasteiger partial charge in [-0.15, -0.1) is 35.7 Å². The van der Waals surface area contributed by atoms with Crippen LogP contribution < -0.4 is 5.32 Å². The van der Waals surface area contributed by atoms with Crippen LogP contribution in [-0.2, 0) is 4.79 Å². The van der Waals surface area contributed by atoms with E-state index in [9.17, 15) is 4.79 Å². The molecule has 2 aromatic carbocycles. The normalized spacial score (nSPS) is 11.1. The van der Waals surface area contributed by atoms with Gasteiger partial charge in [0.1, 0.15) is 4.83 Å². The molecule has 0 unspecified atom stereocenters. The van der Waals surface area contributed by atoms with Crippen LogP contribution in [0.4, 0.5) is 5.69 Å². The standard InChI is InChI=1S/C25H24N2OS3/c1-3-4-14-30-25-23(26-16(2)28)22-19(17-10-6-5-7-11-17)15-20(27-24(22)31-25)18-12-8-9-13-21(18)29/h5-13,15,29H,3-4,14H2,1-2H3,(H,26,28). The summed E-state index contributed by atoms with van der Waals surface area (Å²) in [6, 6.07) is 20.4. The summed E-state index contributed by atoms with van der Waals surface area (Å²) in [5.74, 6) is 0.948. The van der Waals surface area contributed by atoms with Crippen molar-refractivity contribution in [3.8, 4) is 22.4 Å². The van der Waals surface area contributed by atoms with Gasteiger partial charge in [0, 0.05) is 22.8 Å². The van der Waals surface area contributed by atoms with E-state index < -0.39 is 0 Å². The second-order valence-corrected chi connectivity index (χ2v) is 10.1. The number of unbranched alkanes of at least 4 members (excludes halogenated alkanes) is 1. The first-order valence-electron chi connectivity index (χ1n) is 10.3. The number of nitrogens with one attached hydrogen (secondary N) is 1. The maximum absolute atomic E-state index is 12.1. The molecule has 4 rings (SSSR count). The number of thioether (sulfide) groups is 1. The average molecular weight is 465 g/mol. The Morgan fingerprint density at radius 2 is 1.84 bits per heavy atom. The summed E-state index contributed by atoms with van der Waals surface area (Å²) >= 11 is 8.10. The third-order valence-corrected chi connectivity index (χ3v) is 7.76. The van der Waals surface area contributed by atoms with Gasteiger partial charge in [-0.1, -0.05) is 61.9 Å². The van der Waals surface area contributed by atoms with Crippen LogP contribution in [0.2, 0.25) is 0 Å². The van der Waals surface area contributed by atoms with Crippen LogP contribution in [0.15, 0.2) is 69.8 Å². The maximum Gasteiger partial charge on any atom is 0.221 e. The van der Waals surface area contributed by atoms with Gasteiger partial charge in [0.15, 0.2) is 0 Å². The Kier molecular flexibility index (Phi) is 7.00. The summed E-state index contributed by atoms with van der Waals surface area (Å²) in [5.41, 5.74) is 4.93. The molecule has 158 valence electrons. The first-order chi connectivity index (χ1) is 15.1. The van der Waals surface area contributed by atoms with Gasteiger partial charge < -0.3 is 5.32 Å². The summed E-state index contributed by atoms with van der Waals surface area (Å²) < 4.78 is 1.11. The summed E-state index contributed by atoms with van der Waals surface area (Å²) in [5, 5.41) is 4.11. The van der Waals surface area contributed by atoms with Crippen LogP contribution in [0, 0.1) is 0 Å². The van der Waals surface area contributed by atoms with Gasteiger partial charge in [0.25, 0.3) is 0 Å². The van der Waals surface area contributed by atoms with Crippen LogP contribution in [-0.4, -0.2) is 16.6 Å². The number of carbonyl (C=O) groups is 1. The Morgan fingerprint density at radius 3 is 2.55 bits per heavy atom. The van der Waals surface area contributed by atoms with Crippen LogP contribution in [0.3, 0.4) is 0 Å². The van der Waals surface area contributed by atoms with Crippen molar-refractivity contribution in [2.75, 3.05) is 11.1 Å². The lowest BCUT2D eigenvalue weighted by molar-refractivity contribution is -0.114. The van der Waals surface area contributed by atoms with E-state index in [1.165, 1.54) is 0 Å². The molecule has 0 atom stereocenters. The number of thiophene rings is 1. The average Bonchev–Trinajstić information content (AvgIpc) is 3.11. The van der Waals surface area contributed by atoms with Gasteiger partial charge in [-0.2, -0.15) is 0 Å². The Labute approximate surface area is 196 Å². The SMILES string of the molecule is CCCCSc1sc2nc(-c3ccccc3S)cc(-c3ccccc3)c2c1NC(C)=O. The van der Waals surface area contributed by atoms with E-state index in [1.54, 1.807) is 30.0 Å². The van der Waals surface area contributed by atoms with E-state index in [-0.39, 0.29) is 5.91 Å². The number of benzene rings is 2. The van der Waals surface area contributed by atoms with E-state index in [2.05, 4.69) is 43.1 Å². The molecule has 31 heavy (non-hydrogen) atoms. The van der Waals surface area contributed by atoms with Crippen molar-refractivity contribution in [3.63, 3.8) is 0 Å². The highest BCUT2D eigenvalue weighted by Crippen LogP contribution is 2.47. The van der Waals surface area contributed by atoms with Crippen LogP contribution in [0.5, 0.6) is 0 Å². The van der Waals surface area contributed by atoms with E-state index in [0.717, 1.165) is 66.0 Å². The molecule has 0 saturated heterocycles. The Balaban J connectivity index is 1.99. The molecule has 2 aromatic heterocycles. The summed E-state index contributed by atoms with van der Waals surface area (Å²) in [6.45, 7) is 3.75. The largest absolute Gasteiger partial charge is 0.324 e. The number of fused-ring (bicyclic) bond motifs is 1. The highest BCUT2D eigenvalue weighted by molar-refractivity contribution is 8.01. The van der Waals surface area contributed by atoms with Gasteiger partial charge in [0.2, 0.25) is 5.91 Å². The minimum Gasteiger partial charge on any atom is -0.324 e. The lowest BCUT2D eigenvalue weighted by atomic mass is 10.00. The predicted octanol–water partition coefficient (Wildman–Crippen LogP) is 7.77. The number of aromatic nitrogens is 1. The number of thiol groups is 1. The topological polar surface area (TPSA) is 42.0 Å². The quantitative estimate of drug-likeness (QED) is 0.167. The molecule has 0 aliphatic carbocycles. The fraction of sp³-hybridized carbons (Fsp3) is 0.200. The second kappa shape index (κ2) is 9.90. The molecule has 0 fully saturated rings. The number of anilines is 1. The molecular formula is C25H24N2OS3. The molecule has 0 aliphatic heterocycles. The number of rotatable bonds is 7. The molecule has 6 heteroatoms. The molecule has 2 heterocycles. The van der Waals surface area contributed by atoms with E-state index >= 15 is 0 Å². The second-order valence-electron chi connectivity index (χ2n) is 7.27. The molecule has 3 nitrogen and oxygen atoms in total. The molecule has 1 N–H and O–H groups in total. The zero-order valence-corrected chi connectivity index (χ0v) is 20.0. The van der Waals surface area contributed by atoms with Crippen LogP contribution in [0.25, 0.3) is 32.6 Å². The summed E-state index contributed by atoms with van der Waals surface area (Å²) in [6.07, 6.45) is 2.28. The smallest absolute Gasteiger partial charge is 0.221 e. The van der Waals surface area contributed by atoms with E-state index in [1.807, 2.05) is 42.5 Å². The molecular weight excluding hydrogens is 440 g/mol. The summed E-state index contributed by atoms with van der Waals surface area (Å²) in [7, 11) is 0. The van der Waals surface area contributed by atoms with Crippen molar-refractivity contribution in [1.29, 1.82) is 0 Å². The van der Waals surface area contributed by atoms with Gasteiger partial charge >= 0.3 is 0 Å². The zero-order valence-electron chi connectivity index (χ0n) is 17.5. The molecule has 0 saturated carbocycles. The van der Waals surface area contributed by atoms with Crippen molar-refractivity contribution in [1.82, 2.24) is 4.98 Å². The number of hydrogen-bond acceptors (Lipinski definition) is 5. The lowest BCUT2D eigenvalue weighted by Gasteiger charge is -2.11. The van der Waals surface area contributed by atoms with E-state index in [4.69, 9.17) is 4.98 Å². The molecule has 0 radical (unpaired) electrons. The van der Waals surface area contributed by atoms with Crippen molar-refractivity contribution < 1.29 is 4.79 Å². The monoisotopic (exact) mass is 464 g/mol. The summed E-state index contributed by atoms with van der Waals surface area (Å²) in [4.78, 5) is 18.9. The van der Waals surface area contributed by atoms with Crippen molar-refractivity contribution in [2.45, 2.75) is 35.8 Å². The van der Waals surface area contributed by atoms with Crippen LogP contribution in [0.1, 0.15) is 26.7 Å². The van der Waals surface area contributed by atoms with E-state index in [0.29, 0.717) is 0 Å². The van der Waals surface area contributed by atoms with Gasteiger partial charge in [0.05, 0.1) is 15.6 Å². The zero-order chi connectivity index (χ0) is 21.8. The van der Waals surface area contributed by atoms with Crippen molar-refractivity contribution >= 4 is 57.5 Å². The third kappa shape index (κ3) is 4.81. The molecule has 1 amide bonds. The van der Waals surface area contributed by atoms with Gasteiger partial charge in [-0.25, -0.2) is 4.98 Å². The molecule has 4 aromatic rings. The number of hydrogen-bond donors (Lipinski definition) is 2. The predicted molar refractivity (Wildman–Crippen MR) is 138 cm³/mol. The highest BCUT2D eigenvalue weighted by Gasteiger charge is 2.21. The number of pyridine rings is 1. The third-order valence-electron chi connectivity index (χ3n) is 4.93. The first kappa shape index (κ1) is 21.9. The fourth-order valence-corrected chi connectivity index (χ4v) is 6.25. The molecule has 0 bridgehead atoms. The number of carbonyl (C=O) groups excluding carboxylic acids is 1. The highest BCUT2D eigenvalue weighted by atomic mass is 32.2. The Bertz CT molecular complexity index is 1220. The first-order valence-corrected chi connectivity index (χ1v) is 12.5. The number of amides is 1. The molecule has 0 aliphatic rings. The fourth-order valence-electron chi connectivity index (χ4n) is 3.45. The Morgan fingerprint density at radius 1 is 1.10 bits per heavy atom. The van der Waals surface area contributed by atoms with Crippen LogP contribution >= 0.6 is 35.7 Å². The Hall–Kier alpha value is -2.28.